The van der Waals surface area contributed by atoms with Gasteiger partial charge in [0.25, 0.3) is 0 Å². The van der Waals surface area contributed by atoms with Gasteiger partial charge in [0.2, 0.25) is 0 Å². The number of aromatic nitrogens is 6. The van der Waals surface area contributed by atoms with E-state index in [-0.39, 0.29) is 0 Å². The van der Waals surface area contributed by atoms with Crippen molar-refractivity contribution in [3.8, 4) is 28.5 Å². The summed E-state index contributed by atoms with van der Waals surface area (Å²) >= 11 is 12.8. The molecule has 0 atom stereocenters. The fourth-order valence-electron chi connectivity index (χ4n) is 3.45. The van der Waals surface area contributed by atoms with Gasteiger partial charge in [-0.25, -0.2) is 9.97 Å². The van der Waals surface area contributed by atoms with Crippen LogP contribution in [0.1, 0.15) is 0 Å². The summed E-state index contributed by atoms with van der Waals surface area (Å²) in [5.41, 5.74) is 3.75. The summed E-state index contributed by atoms with van der Waals surface area (Å²) in [5.74, 6) is 1.48. The number of imidazole rings is 1. The molecule has 0 amide bonds. The van der Waals surface area contributed by atoms with Crippen molar-refractivity contribution in [3.05, 3.63) is 77.3 Å². The van der Waals surface area contributed by atoms with Gasteiger partial charge in [0, 0.05) is 30.9 Å². The van der Waals surface area contributed by atoms with E-state index in [0.717, 1.165) is 28.4 Å². The van der Waals surface area contributed by atoms with Gasteiger partial charge in [0.15, 0.2) is 5.82 Å². The zero-order valence-corrected chi connectivity index (χ0v) is 18.2. The Morgan fingerprint density at radius 1 is 1.00 bits per heavy atom. The Balaban J connectivity index is 1.75. The predicted octanol–water partition coefficient (Wildman–Crippen LogP) is 5.02. The molecule has 0 N–H and O–H groups in total. The Morgan fingerprint density at radius 2 is 1.87 bits per heavy atom. The molecule has 7 nitrogen and oxygen atoms in total. The molecule has 0 saturated carbocycles. The van der Waals surface area contributed by atoms with Crippen molar-refractivity contribution in [2.45, 2.75) is 0 Å². The Bertz CT molecular complexity index is 1390. The fourth-order valence-corrected chi connectivity index (χ4v) is 3.83. The highest BCUT2D eigenvalue weighted by atomic mass is 35.5. The van der Waals surface area contributed by atoms with E-state index >= 15 is 0 Å². The lowest BCUT2D eigenvalue weighted by Gasteiger charge is -2.13. The van der Waals surface area contributed by atoms with Crippen molar-refractivity contribution in [3.63, 3.8) is 0 Å². The average molecular weight is 450 g/mol. The minimum atomic E-state index is 0.553. The van der Waals surface area contributed by atoms with Crippen LogP contribution < -0.4 is 4.90 Å². The second kappa shape index (κ2) is 7.68. The van der Waals surface area contributed by atoms with Crippen LogP contribution in [0.15, 0.2) is 67.3 Å². The zero-order chi connectivity index (χ0) is 21.5. The van der Waals surface area contributed by atoms with Crippen molar-refractivity contribution in [1.29, 1.82) is 0 Å². The summed E-state index contributed by atoms with van der Waals surface area (Å²) in [6, 6.07) is 15.1. The highest BCUT2D eigenvalue weighted by molar-refractivity contribution is 6.35. The van der Waals surface area contributed by atoms with Crippen molar-refractivity contribution >= 4 is 34.7 Å². The summed E-state index contributed by atoms with van der Waals surface area (Å²) in [6.07, 6.45) is 5.39. The van der Waals surface area contributed by atoms with Crippen molar-refractivity contribution in [1.82, 2.24) is 29.1 Å². The summed E-state index contributed by atoms with van der Waals surface area (Å²) in [5, 5.41) is 9.72. The summed E-state index contributed by atoms with van der Waals surface area (Å²) in [4.78, 5) is 11.3. The maximum Gasteiger partial charge on any atom is 0.187 e. The number of pyridine rings is 2. The highest BCUT2D eigenvalue weighted by Gasteiger charge is 2.23. The molecule has 0 unspecified atom stereocenters. The molecule has 1 aromatic carbocycles. The lowest BCUT2D eigenvalue weighted by molar-refractivity contribution is 1.01. The van der Waals surface area contributed by atoms with Crippen LogP contribution in [-0.2, 0) is 0 Å². The third kappa shape index (κ3) is 3.41. The molecule has 4 heterocycles. The van der Waals surface area contributed by atoms with Crippen molar-refractivity contribution < 1.29 is 0 Å². The van der Waals surface area contributed by atoms with E-state index in [1.165, 1.54) is 0 Å². The quantitative estimate of drug-likeness (QED) is 0.385. The molecule has 0 aliphatic carbocycles. The van der Waals surface area contributed by atoms with Gasteiger partial charge in [-0.1, -0.05) is 29.3 Å². The molecule has 0 fully saturated rings. The zero-order valence-electron chi connectivity index (χ0n) is 16.7. The van der Waals surface area contributed by atoms with E-state index in [1.807, 2.05) is 70.6 Å². The molecule has 0 radical (unpaired) electrons. The first-order valence-corrected chi connectivity index (χ1v) is 10.2. The van der Waals surface area contributed by atoms with E-state index in [2.05, 4.69) is 15.2 Å². The molecule has 0 aliphatic heterocycles. The fraction of sp³-hybridized carbons (Fsp3) is 0.0909. The van der Waals surface area contributed by atoms with Crippen LogP contribution in [0.25, 0.3) is 34.1 Å². The summed E-state index contributed by atoms with van der Waals surface area (Å²) in [7, 11) is 3.90. The molecule has 5 rings (SSSR count). The van der Waals surface area contributed by atoms with E-state index in [4.69, 9.17) is 28.2 Å². The van der Waals surface area contributed by atoms with Gasteiger partial charge in [-0.2, -0.15) is 0 Å². The third-order valence-corrected chi connectivity index (χ3v) is 5.51. The minimum absolute atomic E-state index is 0.553. The minimum Gasteiger partial charge on any atom is -0.363 e. The van der Waals surface area contributed by atoms with Gasteiger partial charge in [0.1, 0.15) is 29.2 Å². The average Bonchev–Trinajstić information content (AvgIpc) is 3.39. The van der Waals surface area contributed by atoms with Gasteiger partial charge in [-0.05, 0) is 42.5 Å². The molecule has 5 aromatic rings. The summed E-state index contributed by atoms with van der Waals surface area (Å²) in [6.45, 7) is 0. The number of hydrogen-bond acceptors (Lipinski definition) is 5. The molecule has 9 heteroatoms. The topological polar surface area (TPSA) is 64.1 Å². The molecule has 0 aliphatic rings. The van der Waals surface area contributed by atoms with E-state index in [9.17, 15) is 0 Å². The number of fused-ring (bicyclic) bond motifs is 1. The Morgan fingerprint density at radius 3 is 2.65 bits per heavy atom. The van der Waals surface area contributed by atoms with Crippen LogP contribution in [0.3, 0.4) is 0 Å². The van der Waals surface area contributed by atoms with Crippen molar-refractivity contribution in [2.75, 3.05) is 19.0 Å². The van der Waals surface area contributed by atoms with Gasteiger partial charge in [0.05, 0.1) is 16.9 Å². The number of anilines is 1. The lowest BCUT2D eigenvalue weighted by Crippen LogP contribution is -2.10. The molecule has 0 bridgehead atoms. The SMILES string of the molecule is CN(C)c1ccc(-n2cnnc2-c2c(-c3cc(Cl)ccc3Cl)nc3ccccn23)cn1. The summed E-state index contributed by atoms with van der Waals surface area (Å²) < 4.78 is 3.85. The maximum atomic E-state index is 6.53. The van der Waals surface area contributed by atoms with Crippen LogP contribution in [-0.4, -0.2) is 43.2 Å². The number of nitrogens with zero attached hydrogens (tertiary/aromatic N) is 7. The molecule has 0 saturated heterocycles. The molecular weight excluding hydrogens is 433 g/mol. The Labute approximate surface area is 188 Å². The smallest absolute Gasteiger partial charge is 0.187 e. The highest BCUT2D eigenvalue weighted by Crippen LogP contribution is 2.37. The Kier molecular flexibility index (Phi) is 4.84. The second-order valence-electron chi connectivity index (χ2n) is 7.16. The van der Waals surface area contributed by atoms with Crippen LogP contribution in [0.5, 0.6) is 0 Å². The molecule has 4 aromatic heterocycles. The maximum absolute atomic E-state index is 6.53. The molecule has 154 valence electrons. The molecular formula is C22H17Cl2N7. The molecule has 31 heavy (non-hydrogen) atoms. The number of hydrogen-bond donors (Lipinski definition) is 0. The normalized spacial score (nSPS) is 11.2. The largest absolute Gasteiger partial charge is 0.363 e. The number of rotatable bonds is 4. The first-order valence-electron chi connectivity index (χ1n) is 9.49. The lowest BCUT2D eigenvalue weighted by atomic mass is 10.1. The van der Waals surface area contributed by atoms with Gasteiger partial charge < -0.3 is 4.90 Å². The van der Waals surface area contributed by atoms with Gasteiger partial charge >= 0.3 is 0 Å². The van der Waals surface area contributed by atoms with Crippen molar-refractivity contribution in [2.24, 2.45) is 0 Å². The number of halogens is 2. The first kappa shape index (κ1) is 19.5. The van der Waals surface area contributed by atoms with Crippen LogP contribution >= 0.6 is 23.2 Å². The van der Waals surface area contributed by atoms with Crippen LogP contribution in [0, 0.1) is 0 Å². The third-order valence-electron chi connectivity index (χ3n) is 4.94. The number of benzene rings is 1. The van der Waals surface area contributed by atoms with Gasteiger partial charge in [-0.3, -0.25) is 8.97 Å². The first-order chi connectivity index (χ1) is 15.0. The molecule has 0 spiro atoms. The van der Waals surface area contributed by atoms with E-state index < -0.39 is 0 Å². The van der Waals surface area contributed by atoms with Crippen LogP contribution in [0.2, 0.25) is 10.0 Å². The predicted molar refractivity (Wildman–Crippen MR) is 123 cm³/mol. The van der Waals surface area contributed by atoms with E-state index in [0.29, 0.717) is 21.6 Å². The van der Waals surface area contributed by atoms with Crippen LogP contribution in [0.4, 0.5) is 5.82 Å². The second-order valence-corrected chi connectivity index (χ2v) is 8.00. The Hall–Kier alpha value is -3.42. The van der Waals surface area contributed by atoms with Gasteiger partial charge in [-0.15, -0.1) is 10.2 Å². The van der Waals surface area contributed by atoms with E-state index in [1.54, 1.807) is 24.7 Å². The monoisotopic (exact) mass is 449 g/mol. The standard InChI is InChI=1S/C22H17Cl2N7/c1-29(2)18-9-7-15(12-25-18)31-13-26-28-22(31)21-20(16-11-14(23)6-8-17(16)24)27-19-5-3-4-10-30(19)21/h3-13H,1-2H3.